The molecule has 0 aliphatic heterocycles. The lowest BCUT2D eigenvalue weighted by atomic mass is 9.92. The van der Waals surface area contributed by atoms with E-state index >= 15 is 0 Å². The van der Waals surface area contributed by atoms with Gasteiger partial charge in [0.15, 0.2) is 0 Å². The standard InChI is InChI=1S/C16H26O/c1-3-4-5-6-8-11-14(2)16(17)15-12-9-7-10-13-15/h7,9-10,12-14,16-17H,3-6,8,11H2,1-2H3. The van der Waals surface area contributed by atoms with Crippen LogP contribution in [0.4, 0.5) is 0 Å². The topological polar surface area (TPSA) is 20.2 Å². The molecule has 0 aliphatic rings. The Bertz CT molecular complexity index is 281. The smallest absolute Gasteiger partial charge is 0.0815 e. The Hall–Kier alpha value is -0.820. The van der Waals surface area contributed by atoms with E-state index in [1.807, 2.05) is 30.3 Å². The van der Waals surface area contributed by atoms with Gasteiger partial charge < -0.3 is 5.11 Å². The molecule has 0 spiro atoms. The van der Waals surface area contributed by atoms with Crippen molar-refractivity contribution < 1.29 is 5.11 Å². The van der Waals surface area contributed by atoms with Gasteiger partial charge in [0.25, 0.3) is 0 Å². The molecular formula is C16H26O. The fraction of sp³-hybridized carbons (Fsp3) is 0.625. The maximum atomic E-state index is 10.2. The van der Waals surface area contributed by atoms with E-state index in [0.29, 0.717) is 5.92 Å². The molecular weight excluding hydrogens is 208 g/mol. The molecule has 0 amide bonds. The van der Waals surface area contributed by atoms with Crippen LogP contribution < -0.4 is 0 Å². The molecule has 0 bridgehead atoms. The van der Waals surface area contributed by atoms with Gasteiger partial charge in [-0.05, 0) is 17.9 Å². The first-order valence-electron chi connectivity index (χ1n) is 6.98. The van der Waals surface area contributed by atoms with E-state index in [2.05, 4.69) is 13.8 Å². The second-order valence-corrected chi connectivity index (χ2v) is 5.04. The van der Waals surface area contributed by atoms with Crippen molar-refractivity contribution in [1.82, 2.24) is 0 Å². The van der Waals surface area contributed by atoms with Crippen molar-refractivity contribution in [3.63, 3.8) is 0 Å². The summed E-state index contributed by atoms with van der Waals surface area (Å²) >= 11 is 0. The molecule has 0 radical (unpaired) electrons. The van der Waals surface area contributed by atoms with E-state index in [1.165, 1.54) is 32.1 Å². The molecule has 1 aromatic carbocycles. The minimum absolute atomic E-state index is 0.303. The van der Waals surface area contributed by atoms with Crippen LogP contribution in [0, 0.1) is 5.92 Å². The van der Waals surface area contributed by atoms with E-state index in [4.69, 9.17) is 0 Å². The van der Waals surface area contributed by atoms with Crippen LogP contribution in [0.5, 0.6) is 0 Å². The maximum absolute atomic E-state index is 10.2. The average Bonchev–Trinajstić information content (AvgIpc) is 2.38. The van der Waals surface area contributed by atoms with Gasteiger partial charge in [-0.2, -0.15) is 0 Å². The molecule has 2 atom stereocenters. The summed E-state index contributed by atoms with van der Waals surface area (Å²) in [6, 6.07) is 10.0. The number of aliphatic hydroxyl groups excluding tert-OH is 1. The van der Waals surface area contributed by atoms with Crippen molar-refractivity contribution in [2.24, 2.45) is 5.92 Å². The van der Waals surface area contributed by atoms with Gasteiger partial charge in [-0.3, -0.25) is 0 Å². The van der Waals surface area contributed by atoms with Gasteiger partial charge >= 0.3 is 0 Å². The minimum atomic E-state index is -0.303. The zero-order valence-electron chi connectivity index (χ0n) is 11.2. The number of unbranched alkanes of at least 4 members (excludes halogenated alkanes) is 4. The molecule has 0 saturated heterocycles. The van der Waals surface area contributed by atoms with Crippen molar-refractivity contribution in [2.45, 2.75) is 58.5 Å². The Morgan fingerprint density at radius 3 is 2.29 bits per heavy atom. The Morgan fingerprint density at radius 1 is 1.00 bits per heavy atom. The summed E-state index contributed by atoms with van der Waals surface area (Å²) in [5, 5.41) is 10.2. The Labute approximate surface area is 106 Å². The SMILES string of the molecule is CCCCCCCC(C)C(O)c1ccccc1. The minimum Gasteiger partial charge on any atom is -0.388 e. The highest BCUT2D eigenvalue weighted by Gasteiger charge is 2.15. The van der Waals surface area contributed by atoms with Gasteiger partial charge in [0.2, 0.25) is 0 Å². The molecule has 0 saturated carbocycles. The molecule has 96 valence electrons. The highest BCUT2D eigenvalue weighted by Crippen LogP contribution is 2.25. The first-order chi connectivity index (χ1) is 8.25. The summed E-state index contributed by atoms with van der Waals surface area (Å²) < 4.78 is 0. The lowest BCUT2D eigenvalue weighted by molar-refractivity contribution is 0.111. The lowest BCUT2D eigenvalue weighted by Gasteiger charge is -2.19. The number of aliphatic hydroxyl groups is 1. The van der Waals surface area contributed by atoms with Crippen LogP contribution in [-0.2, 0) is 0 Å². The zero-order chi connectivity index (χ0) is 12.5. The zero-order valence-corrected chi connectivity index (χ0v) is 11.2. The fourth-order valence-corrected chi connectivity index (χ4v) is 2.21. The van der Waals surface area contributed by atoms with Gasteiger partial charge in [-0.25, -0.2) is 0 Å². The van der Waals surface area contributed by atoms with Crippen molar-refractivity contribution in [2.75, 3.05) is 0 Å². The summed E-state index contributed by atoms with van der Waals surface area (Å²) in [5.41, 5.74) is 1.05. The molecule has 0 heterocycles. The predicted molar refractivity (Wildman–Crippen MR) is 73.9 cm³/mol. The molecule has 1 rings (SSSR count). The number of hydrogen-bond donors (Lipinski definition) is 1. The predicted octanol–water partition coefficient (Wildman–Crippen LogP) is 4.72. The Balaban J connectivity index is 2.25. The molecule has 0 aliphatic carbocycles. The van der Waals surface area contributed by atoms with Crippen LogP contribution in [0.15, 0.2) is 30.3 Å². The molecule has 0 fully saturated rings. The third kappa shape index (κ3) is 5.36. The number of rotatable bonds is 8. The van der Waals surface area contributed by atoms with Crippen molar-refractivity contribution in [1.29, 1.82) is 0 Å². The van der Waals surface area contributed by atoms with E-state index in [-0.39, 0.29) is 6.10 Å². The van der Waals surface area contributed by atoms with Crippen LogP contribution in [0.1, 0.15) is 64.0 Å². The van der Waals surface area contributed by atoms with Crippen LogP contribution in [0.2, 0.25) is 0 Å². The monoisotopic (exact) mass is 234 g/mol. The summed E-state index contributed by atoms with van der Waals surface area (Å²) in [4.78, 5) is 0. The summed E-state index contributed by atoms with van der Waals surface area (Å²) in [6.45, 7) is 4.39. The molecule has 0 aromatic heterocycles. The fourth-order valence-electron chi connectivity index (χ4n) is 2.21. The second-order valence-electron chi connectivity index (χ2n) is 5.04. The van der Waals surface area contributed by atoms with Gasteiger partial charge in [-0.15, -0.1) is 0 Å². The molecule has 17 heavy (non-hydrogen) atoms. The maximum Gasteiger partial charge on any atom is 0.0815 e. The van der Waals surface area contributed by atoms with Gasteiger partial charge in [0.05, 0.1) is 6.10 Å². The quantitative estimate of drug-likeness (QED) is 0.645. The summed E-state index contributed by atoms with van der Waals surface area (Å²) in [5.74, 6) is 0.360. The molecule has 1 aromatic rings. The van der Waals surface area contributed by atoms with E-state index in [9.17, 15) is 5.11 Å². The third-order valence-electron chi connectivity index (χ3n) is 3.44. The van der Waals surface area contributed by atoms with E-state index < -0.39 is 0 Å². The number of benzene rings is 1. The molecule has 1 nitrogen and oxygen atoms in total. The van der Waals surface area contributed by atoms with Crippen LogP contribution in [0.25, 0.3) is 0 Å². The molecule has 1 heteroatoms. The highest BCUT2D eigenvalue weighted by atomic mass is 16.3. The summed E-state index contributed by atoms with van der Waals surface area (Å²) in [6.07, 6.45) is 7.34. The summed E-state index contributed by atoms with van der Waals surface area (Å²) in [7, 11) is 0. The Kier molecular flexibility index (Phi) is 6.95. The van der Waals surface area contributed by atoms with Gasteiger partial charge in [0.1, 0.15) is 0 Å². The second kappa shape index (κ2) is 8.30. The number of hydrogen-bond acceptors (Lipinski definition) is 1. The van der Waals surface area contributed by atoms with Crippen LogP contribution in [0.3, 0.4) is 0 Å². The van der Waals surface area contributed by atoms with Crippen LogP contribution in [-0.4, -0.2) is 5.11 Å². The first kappa shape index (κ1) is 14.2. The van der Waals surface area contributed by atoms with Gasteiger partial charge in [-0.1, -0.05) is 76.3 Å². The lowest BCUT2D eigenvalue weighted by Crippen LogP contribution is -2.09. The highest BCUT2D eigenvalue weighted by molar-refractivity contribution is 5.17. The van der Waals surface area contributed by atoms with Gasteiger partial charge in [0, 0.05) is 0 Å². The van der Waals surface area contributed by atoms with Crippen molar-refractivity contribution >= 4 is 0 Å². The largest absolute Gasteiger partial charge is 0.388 e. The first-order valence-corrected chi connectivity index (χ1v) is 6.98. The van der Waals surface area contributed by atoms with Crippen molar-refractivity contribution in [3.05, 3.63) is 35.9 Å². The molecule has 1 N–H and O–H groups in total. The van der Waals surface area contributed by atoms with E-state index in [1.54, 1.807) is 0 Å². The van der Waals surface area contributed by atoms with E-state index in [0.717, 1.165) is 12.0 Å². The molecule has 2 unspecified atom stereocenters. The van der Waals surface area contributed by atoms with Crippen LogP contribution >= 0.6 is 0 Å². The third-order valence-corrected chi connectivity index (χ3v) is 3.44. The average molecular weight is 234 g/mol. The van der Waals surface area contributed by atoms with Crippen molar-refractivity contribution in [3.8, 4) is 0 Å². The normalized spacial score (nSPS) is 14.5. The Morgan fingerprint density at radius 2 is 1.65 bits per heavy atom.